The van der Waals surface area contributed by atoms with Crippen LogP contribution >= 0.6 is 0 Å². The van der Waals surface area contributed by atoms with Crippen molar-refractivity contribution >= 4 is 16.9 Å². The molecule has 3 aromatic rings. The average Bonchev–Trinajstić information content (AvgIpc) is 3.12. The lowest BCUT2D eigenvalue weighted by Crippen LogP contribution is -2.30. The van der Waals surface area contributed by atoms with Crippen molar-refractivity contribution in [3.63, 3.8) is 0 Å². The number of benzene rings is 2. The summed E-state index contributed by atoms with van der Waals surface area (Å²) in [7, 11) is 0. The molecule has 0 radical (unpaired) electrons. The first-order valence-electron chi connectivity index (χ1n) is 8.74. The van der Waals surface area contributed by atoms with Gasteiger partial charge in [-0.2, -0.15) is 0 Å². The summed E-state index contributed by atoms with van der Waals surface area (Å²) in [5.41, 5.74) is 5.34. The summed E-state index contributed by atoms with van der Waals surface area (Å²) in [6.45, 7) is 4.70. The highest BCUT2D eigenvalue weighted by Crippen LogP contribution is 2.33. The first-order valence-corrected chi connectivity index (χ1v) is 8.74. The molecular formula is C21H21N3O. The molecule has 2 aromatic carbocycles. The predicted molar refractivity (Wildman–Crippen MR) is 98.5 cm³/mol. The van der Waals surface area contributed by atoms with Crippen molar-refractivity contribution in [2.24, 2.45) is 0 Å². The number of carbonyl (C=O) groups is 1. The van der Waals surface area contributed by atoms with Gasteiger partial charge in [-0.1, -0.05) is 30.3 Å². The zero-order chi connectivity index (χ0) is 17.4. The van der Waals surface area contributed by atoms with E-state index in [2.05, 4.69) is 22.1 Å². The van der Waals surface area contributed by atoms with Crippen LogP contribution in [-0.4, -0.2) is 27.3 Å². The summed E-state index contributed by atoms with van der Waals surface area (Å²) in [5, 5.41) is 0. The Bertz CT molecular complexity index is 937. The number of likely N-dealkylation sites (tertiary alicyclic amines) is 1. The molecule has 1 aromatic heterocycles. The molecule has 1 aliphatic rings. The van der Waals surface area contributed by atoms with Gasteiger partial charge in [-0.25, -0.2) is 9.97 Å². The van der Waals surface area contributed by atoms with Crippen molar-refractivity contribution in [1.29, 1.82) is 0 Å². The SMILES string of the molecule is Cc1nc2ccc(C(=O)N3CCCC3c3ccccc3)cc2nc1C. The molecule has 0 spiro atoms. The molecule has 0 aliphatic carbocycles. The number of hydrogen-bond acceptors (Lipinski definition) is 3. The second-order valence-electron chi connectivity index (χ2n) is 6.67. The van der Waals surface area contributed by atoms with Crippen LogP contribution in [0.1, 0.15) is 46.2 Å². The quantitative estimate of drug-likeness (QED) is 0.706. The van der Waals surface area contributed by atoms with Gasteiger partial charge in [0.1, 0.15) is 0 Å². The van der Waals surface area contributed by atoms with Crippen LogP contribution in [0.25, 0.3) is 11.0 Å². The fourth-order valence-electron chi connectivity index (χ4n) is 3.56. The van der Waals surface area contributed by atoms with Gasteiger partial charge in [0.15, 0.2) is 0 Å². The first-order chi connectivity index (χ1) is 12.1. The van der Waals surface area contributed by atoms with Crippen LogP contribution in [0.15, 0.2) is 48.5 Å². The van der Waals surface area contributed by atoms with E-state index in [0.717, 1.165) is 41.8 Å². The Balaban J connectivity index is 1.68. The van der Waals surface area contributed by atoms with Gasteiger partial charge < -0.3 is 4.90 Å². The molecule has 0 saturated carbocycles. The fraction of sp³-hybridized carbons (Fsp3) is 0.286. The molecule has 1 atom stereocenters. The summed E-state index contributed by atoms with van der Waals surface area (Å²) in [6, 6.07) is 16.1. The van der Waals surface area contributed by atoms with Crippen molar-refractivity contribution < 1.29 is 4.79 Å². The molecule has 126 valence electrons. The molecule has 25 heavy (non-hydrogen) atoms. The van der Waals surface area contributed by atoms with Crippen LogP contribution < -0.4 is 0 Å². The molecule has 1 aliphatic heterocycles. The van der Waals surface area contributed by atoms with Crippen LogP contribution in [-0.2, 0) is 0 Å². The van der Waals surface area contributed by atoms with E-state index in [1.165, 1.54) is 5.56 Å². The topological polar surface area (TPSA) is 46.1 Å². The molecule has 4 heteroatoms. The lowest BCUT2D eigenvalue weighted by atomic mass is 10.0. The normalized spacial score (nSPS) is 17.2. The van der Waals surface area contributed by atoms with Gasteiger partial charge in [-0.05, 0) is 50.5 Å². The Hall–Kier alpha value is -2.75. The Kier molecular flexibility index (Phi) is 3.96. The Labute approximate surface area is 147 Å². The maximum absolute atomic E-state index is 13.1. The predicted octanol–water partition coefficient (Wildman–Crippen LogP) is 4.22. The third-order valence-corrected chi connectivity index (χ3v) is 5.02. The van der Waals surface area contributed by atoms with E-state index in [1.54, 1.807) is 0 Å². The van der Waals surface area contributed by atoms with E-state index in [4.69, 9.17) is 0 Å². The van der Waals surface area contributed by atoms with Crippen LogP contribution in [0.4, 0.5) is 0 Å². The lowest BCUT2D eigenvalue weighted by molar-refractivity contribution is 0.0736. The molecule has 0 N–H and O–H groups in total. The van der Waals surface area contributed by atoms with Crippen LogP contribution in [0.2, 0.25) is 0 Å². The van der Waals surface area contributed by atoms with Gasteiger partial charge in [0.05, 0.1) is 28.5 Å². The van der Waals surface area contributed by atoms with E-state index < -0.39 is 0 Å². The zero-order valence-corrected chi connectivity index (χ0v) is 14.6. The summed E-state index contributed by atoms with van der Waals surface area (Å²) in [4.78, 5) is 24.2. The molecule has 1 amide bonds. The summed E-state index contributed by atoms with van der Waals surface area (Å²) in [6.07, 6.45) is 2.05. The number of aryl methyl sites for hydroxylation is 2. The number of rotatable bonds is 2. The van der Waals surface area contributed by atoms with Crippen molar-refractivity contribution in [3.8, 4) is 0 Å². The molecule has 0 bridgehead atoms. The van der Waals surface area contributed by atoms with Gasteiger partial charge in [-0.15, -0.1) is 0 Å². The number of carbonyl (C=O) groups excluding carboxylic acids is 1. The van der Waals surface area contributed by atoms with Gasteiger partial charge >= 0.3 is 0 Å². The minimum Gasteiger partial charge on any atom is -0.332 e. The summed E-state index contributed by atoms with van der Waals surface area (Å²) in [5.74, 6) is 0.0771. The van der Waals surface area contributed by atoms with Crippen LogP contribution in [0, 0.1) is 13.8 Å². The van der Waals surface area contributed by atoms with Gasteiger partial charge in [0, 0.05) is 12.1 Å². The number of amides is 1. The third-order valence-electron chi connectivity index (χ3n) is 5.02. The summed E-state index contributed by atoms with van der Waals surface area (Å²) >= 11 is 0. The highest BCUT2D eigenvalue weighted by Gasteiger charge is 2.30. The van der Waals surface area contributed by atoms with Crippen molar-refractivity contribution in [2.75, 3.05) is 6.54 Å². The molecule has 4 nitrogen and oxygen atoms in total. The smallest absolute Gasteiger partial charge is 0.254 e. The van der Waals surface area contributed by atoms with Crippen LogP contribution in [0.3, 0.4) is 0 Å². The van der Waals surface area contributed by atoms with E-state index in [-0.39, 0.29) is 11.9 Å². The Morgan fingerprint density at radius 1 is 1.00 bits per heavy atom. The van der Waals surface area contributed by atoms with E-state index in [0.29, 0.717) is 5.56 Å². The lowest BCUT2D eigenvalue weighted by Gasteiger charge is -2.25. The van der Waals surface area contributed by atoms with Crippen molar-refractivity contribution in [2.45, 2.75) is 32.7 Å². The monoisotopic (exact) mass is 331 g/mol. The van der Waals surface area contributed by atoms with Crippen molar-refractivity contribution in [3.05, 3.63) is 71.0 Å². The second kappa shape index (κ2) is 6.28. The van der Waals surface area contributed by atoms with Crippen molar-refractivity contribution in [1.82, 2.24) is 14.9 Å². The maximum Gasteiger partial charge on any atom is 0.254 e. The molecule has 4 rings (SSSR count). The molecule has 1 fully saturated rings. The number of nitrogens with zero attached hydrogens (tertiary/aromatic N) is 3. The standard InChI is InChI=1S/C21H21N3O/c1-14-15(2)23-19-13-17(10-11-18(19)22-14)21(25)24-12-6-9-20(24)16-7-4-3-5-8-16/h3-5,7-8,10-11,13,20H,6,9,12H2,1-2H3. The largest absolute Gasteiger partial charge is 0.332 e. The Morgan fingerprint density at radius 2 is 1.72 bits per heavy atom. The number of aromatic nitrogens is 2. The second-order valence-corrected chi connectivity index (χ2v) is 6.67. The highest BCUT2D eigenvalue weighted by atomic mass is 16.2. The van der Waals surface area contributed by atoms with Crippen LogP contribution in [0.5, 0.6) is 0 Å². The van der Waals surface area contributed by atoms with E-state index in [9.17, 15) is 4.79 Å². The zero-order valence-electron chi connectivity index (χ0n) is 14.6. The van der Waals surface area contributed by atoms with Gasteiger partial charge in [0.2, 0.25) is 0 Å². The fourth-order valence-corrected chi connectivity index (χ4v) is 3.56. The summed E-state index contributed by atoms with van der Waals surface area (Å²) < 4.78 is 0. The minimum absolute atomic E-state index is 0.0771. The molecule has 2 heterocycles. The first kappa shape index (κ1) is 15.8. The average molecular weight is 331 g/mol. The minimum atomic E-state index is 0.0771. The number of fused-ring (bicyclic) bond motifs is 1. The van der Waals surface area contributed by atoms with Gasteiger partial charge in [0.25, 0.3) is 5.91 Å². The Morgan fingerprint density at radius 3 is 2.48 bits per heavy atom. The highest BCUT2D eigenvalue weighted by molar-refractivity contribution is 5.97. The third kappa shape index (κ3) is 2.88. The van der Waals surface area contributed by atoms with E-state index in [1.807, 2.05) is 55.1 Å². The van der Waals surface area contributed by atoms with E-state index >= 15 is 0 Å². The molecule has 1 unspecified atom stereocenters. The molecular weight excluding hydrogens is 310 g/mol. The van der Waals surface area contributed by atoms with Gasteiger partial charge in [-0.3, -0.25) is 4.79 Å². The maximum atomic E-state index is 13.1. The molecule has 1 saturated heterocycles. The number of hydrogen-bond donors (Lipinski definition) is 0.